The Morgan fingerprint density at radius 2 is 1.91 bits per heavy atom. The lowest BCUT2D eigenvalue weighted by atomic mass is 9.52. The molecular formula is C26H27NO7. The quantitative estimate of drug-likeness (QED) is 0.394. The van der Waals surface area contributed by atoms with E-state index in [1.807, 2.05) is 6.07 Å². The second kappa shape index (κ2) is 8.06. The van der Waals surface area contributed by atoms with Gasteiger partial charge in [-0.15, -0.1) is 0 Å². The number of benzene rings is 2. The maximum absolute atomic E-state index is 12.5. The Morgan fingerprint density at radius 1 is 1.15 bits per heavy atom. The van der Waals surface area contributed by atoms with Crippen molar-refractivity contribution >= 4 is 17.8 Å². The number of aromatic hydroxyl groups is 3. The molecule has 2 aliphatic carbocycles. The SMILES string of the molecule is CN1CC[C@]23c4c5ccc(O)c4O[C@H]2C(=O)CC[C@H]3[C@H]1C5.O=C(O)/C=C/c1ccc(O)c(O)c1. The molecule has 8 nitrogen and oxygen atoms in total. The van der Waals surface area contributed by atoms with Crippen molar-refractivity contribution in [2.45, 2.75) is 43.2 Å². The number of carboxylic acids is 1. The molecule has 178 valence electrons. The second-order valence-electron chi connectivity index (χ2n) is 9.52. The van der Waals surface area contributed by atoms with Crippen LogP contribution in [0.15, 0.2) is 36.4 Å². The van der Waals surface area contributed by atoms with Gasteiger partial charge < -0.3 is 30.1 Å². The third-order valence-corrected chi connectivity index (χ3v) is 7.80. The number of carbonyl (C=O) groups excluding carboxylic acids is 1. The number of nitrogens with zero attached hydrogens (tertiary/aromatic N) is 1. The molecule has 0 radical (unpaired) electrons. The molecule has 0 aromatic heterocycles. The topological polar surface area (TPSA) is 128 Å². The summed E-state index contributed by atoms with van der Waals surface area (Å²) in [5.74, 6) is -0.0673. The highest BCUT2D eigenvalue weighted by Gasteiger charge is 2.65. The van der Waals surface area contributed by atoms with Gasteiger partial charge in [-0.1, -0.05) is 12.1 Å². The molecule has 0 unspecified atom stereocenters. The highest BCUT2D eigenvalue weighted by atomic mass is 16.5. The molecule has 2 heterocycles. The fraction of sp³-hybridized carbons (Fsp3) is 0.385. The van der Waals surface area contributed by atoms with Crippen LogP contribution in [0.25, 0.3) is 6.08 Å². The average molecular weight is 466 g/mol. The van der Waals surface area contributed by atoms with Gasteiger partial charge in [-0.25, -0.2) is 4.79 Å². The van der Waals surface area contributed by atoms with Crippen molar-refractivity contribution < 1.29 is 34.8 Å². The van der Waals surface area contributed by atoms with Gasteiger partial charge in [0.05, 0.1) is 0 Å². The molecule has 0 amide bonds. The number of phenolic OH excluding ortho intramolecular Hbond substituents is 3. The lowest BCUT2D eigenvalue weighted by Crippen LogP contribution is -2.65. The molecule has 4 N–H and O–H groups in total. The number of carbonyl (C=O) groups is 2. The molecule has 2 fully saturated rings. The molecule has 34 heavy (non-hydrogen) atoms. The van der Waals surface area contributed by atoms with Crippen LogP contribution in [0.4, 0.5) is 0 Å². The Kier molecular flexibility index (Phi) is 5.28. The molecule has 4 aliphatic rings. The molecule has 2 aliphatic heterocycles. The smallest absolute Gasteiger partial charge is 0.328 e. The van der Waals surface area contributed by atoms with Crippen molar-refractivity contribution in [3.05, 3.63) is 53.1 Å². The summed E-state index contributed by atoms with van der Waals surface area (Å²) in [6.07, 6.45) is 5.45. The van der Waals surface area contributed by atoms with Crippen LogP contribution < -0.4 is 4.74 Å². The summed E-state index contributed by atoms with van der Waals surface area (Å²) in [7, 11) is 2.20. The predicted octanol–water partition coefficient (Wildman–Crippen LogP) is 2.83. The highest BCUT2D eigenvalue weighted by molar-refractivity contribution is 5.89. The minimum Gasteiger partial charge on any atom is -0.504 e. The summed E-state index contributed by atoms with van der Waals surface area (Å²) in [5.41, 5.74) is 2.77. The zero-order chi connectivity index (χ0) is 24.2. The van der Waals surface area contributed by atoms with E-state index < -0.39 is 5.97 Å². The Balaban J connectivity index is 0.000000161. The summed E-state index contributed by atoms with van der Waals surface area (Å²) in [5, 5.41) is 36.5. The number of hydrogen-bond acceptors (Lipinski definition) is 7. The van der Waals surface area contributed by atoms with Gasteiger partial charge in [0.2, 0.25) is 0 Å². The number of aliphatic carboxylic acids is 1. The summed E-state index contributed by atoms with van der Waals surface area (Å²) in [6.45, 7) is 1.00. The van der Waals surface area contributed by atoms with Crippen LogP contribution in [0, 0.1) is 5.92 Å². The predicted molar refractivity (Wildman–Crippen MR) is 123 cm³/mol. The molecule has 4 atom stereocenters. The Labute approximate surface area is 196 Å². The van der Waals surface area contributed by atoms with E-state index in [1.165, 1.54) is 29.8 Å². The van der Waals surface area contributed by atoms with E-state index in [0.717, 1.165) is 37.4 Å². The zero-order valence-electron chi connectivity index (χ0n) is 18.8. The van der Waals surface area contributed by atoms with Crippen LogP contribution in [0.2, 0.25) is 0 Å². The summed E-state index contributed by atoms with van der Waals surface area (Å²) < 4.78 is 6.04. The highest BCUT2D eigenvalue weighted by Crippen LogP contribution is 2.62. The first-order valence-corrected chi connectivity index (χ1v) is 11.4. The molecule has 1 saturated carbocycles. The van der Waals surface area contributed by atoms with E-state index in [2.05, 4.69) is 11.9 Å². The number of phenols is 3. The normalized spacial score (nSPS) is 28.6. The largest absolute Gasteiger partial charge is 0.504 e. The van der Waals surface area contributed by atoms with Gasteiger partial charge in [0.25, 0.3) is 0 Å². The van der Waals surface area contributed by atoms with Crippen molar-refractivity contribution in [1.29, 1.82) is 0 Å². The first-order chi connectivity index (χ1) is 16.2. The van der Waals surface area contributed by atoms with Crippen molar-refractivity contribution in [3.8, 4) is 23.0 Å². The van der Waals surface area contributed by atoms with Gasteiger partial charge in [-0.2, -0.15) is 0 Å². The molecule has 6 rings (SSSR count). The number of piperidine rings is 1. The summed E-state index contributed by atoms with van der Waals surface area (Å²) >= 11 is 0. The van der Waals surface area contributed by atoms with Crippen LogP contribution >= 0.6 is 0 Å². The standard InChI is InChI=1S/C17H19NO3.C9H8O4/c1-18-7-6-17-10-3-5-13(20)16(17)21-15-12(19)4-2-9(14(15)17)8-11(10)18;10-7-3-1-6(5-8(7)11)2-4-9(12)13/h2,4,10-11,16,19H,3,5-8H2,1H3;1-5,10-11H,(H,12,13)/b;4-2+/t10-,11+,16-,17-;/m0./s1. The first-order valence-electron chi connectivity index (χ1n) is 11.4. The van der Waals surface area contributed by atoms with Gasteiger partial charge >= 0.3 is 5.97 Å². The third kappa shape index (κ3) is 3.32. The minimum atomic E-state index is -1.06. The molecule has 1 saturated heterocycles. The van der Waals surface area contributed by atoms with Gasteiger partial charge in [-0.3, -0.25) is 4.79 Å². The lowest BCUT2D eigenvalue weighted by Gasteiger charge is -2.57. The number of ketones is 1. The molecule has 2 bridgehead atoms. The van der Waals surface area contributed by atoms with Crippen molar-refractivity contribution in [2.24, 2.45) is 5.92 Å². The molecule has 8 heteroatoms. The maximum atomic E-state index is 12.5. The maximum Gasteiger partial charge on any atom is 0.328 e. The number of Topliss-reactive ketones (excluding diaryl/α,β-unsaturated/α-hetero) is 1. The number of carboxylic acid groups (broad SMARTS) is 1. The second-order valence-corrected chi connectivity index (χ2v) is 9.52. The molecule has 2 aromatic rings. The van der Waals surface area contributed by atoms with Gasteiger partial charge in [0.1, 0.15) is 0 Å². The Hall–Kier alpha value is -3.52. The van der Waals surface area contributed by atoms with E-state index in [1.54, 1.807) is 6.07 Å². The van der Waals surface area contributed by atoms with Crippen LogP contribution in [-0.2, 0) is 21.4 Å². The minimum absolute atomic E-state index is 0.172. The van der Waals surface area contributed by atoms with E-state index >= 15 is 0 Å². The van der Waals surface area contributed by atoms with Crippen LogP contribution in [0.1, 0.15) is 36.0 Å². The molecule has 1 spiro atoms. The van der Waals surface area contributed by atoms with E-state index in [4.69, 9.17) is 20.1 Å². The van der Waals surface area contributed by atoms with Crippen molar-refractivity contribution in [3.63, 3.8) is 0 Å². The van der Waals surface area contributed by atoms with Crippen molar-refractivity contribution in [2.75, 3.05) is 13.6 Å². The van der Waals surface area contributed by atoms with Crippen LogP contribution in [0.3, 0.4) is 0 Å². The van der Waals surface area contributed by atoms with Gasteiger partial charge in [0.15, 0.2) is 34.9 Å². The van der Waals surface area contributed by atoms with E-state index in [-0.39, 0.29) is 34.6 Å². The molecule has 2 aromatic carbocycles. The van der Waals surface area contributed by atoms with Crippen LogP contribution in [-0.4, -0.2) is 62.8 Å². The fourth-order valence-corrected chi connectivity index (χ4v) is 6.33. The zero-order valence-corrected chi connectivity index (χ0v) is 18.8. The fourth-order valence-electron chi connectivity index (χ4n) is 6.33. The lowest BCUT2D eigenvalue weighted by molar-refractivity contribution is -0.138. The number of hydrogen-bond donors (Lipinski definition) is 4. The number of likely N-dealkylation sites (N-methyl/N-ethyl adjacent to an activating group) is 1. The third-order valence-electron chi connectivity index (χ3n) is 7.80. The van der Waals surface area contributed by atoms with Gasteiger partial charge in [-0.05, 0) is 74.2 Å². The van der Waals surface area contributed by atoms with Crippen LogP contribution in [0.5, 0.6) is 23.0 Å². The Morgan fingerprint density at radius 3 is 2.65 bits per heavy atom. The monoisotopic (exact) mass is 465 g/mol. The first kappa shape index (κ1) is 22.3. The Bertz CT molecular complexity index is 1210. The summed E-state index contributed by atoms with van der Waals surface area (Å²) in [6, 6.07) is 8.31. The number of rotatable bonds is 2. The summed E-state index contributed by atoms with van der Waals surface area (Å²) in [4.78, 5) is 25.1. The van der Waals surface area contributed by atoms with Crippen molar-refractivity contribution in [1.82, 2.24) is 4.90 Å². The van der Waals surface area contributed by atoms with E-state index in [0.29, 0.717) is 29.7 Å². The van der Waals surface area contributed by atoms with E-state index in [9.17, 15) is 14.7 Å². The number of likely N-dealkylation sites (tertiary alicyclic amines) is 1. The van der Waals surface area contributed by atoms with Gasteiger partial charge in [0, 0.05) is 29.5 Å². The number of ether oxygens (including phenoxy) is 1. The average Bonchev–Trinajstić information content (AvgIpc) is 3.16. The molecular weight excluding hydrogens is 438 g/mol.